The second-order valence-electron chi connectivity index (χ2n) is 1.68. The number of thiophene rings is 1. The molecule has 9 heavy (non-hydrogen) atoms. The van der Waals surface area contributed by atoms with Gasteiger partial charge in [0, 0.05) is 11.4 Å². The molecule has 50 valence electrons. The molecule has 0 saturated heterocycles. The molecule has 0 unspecified atom stereocenters. The van der Waals surface area contributed by atoms with Crippen molar-refractivity contribution in [3.8, 4) is 0 Å². The molecule has 1 rings (SSSR count). The van der Waals surface area contributed by atoms with Crippen molar-refractivity contribution in [2.75, 3.05) is 7.05 Å². The van der Waals surface area contributed by atoms with Crippen molar-refractivity contribution in [2.45, 2.75) is 6.54 Å². The lowest BCUT2D eigenvalue weighted by molar-refractivity contribution is 0.601. The first-order chi connectivity index (χ1) is 4.43. The average Bonchev–Trinajstić information content (AvgIpc) is 2.34. The molecule has 0 aliphatic rings. The number of nitrogens with one attached hydrogen (secondary N) is 2. The Kier molecular flexibility index (Phi) is 2.70. The van der Waals surface area contributed by atoms with Crippen LogP contribution in [0.25, 0.3) is 0 Å². The lowest BCUT2D eigenvalue weighted by atomic mass is 10.5. The van der Waals surface area contributed by atoms with Crippen molar-refractivity contribution in [3.63, 3.8) is 0 Å². The molecule has 0 radical (unpaired) electrons. The summed E-state index contributed by atoms with van der Waals surface area (Å²) < 4.78 is 0. The third-order valence-corrected chi connectivity index (χ3v) is 1.90. The van der Waals surface area contributed by atoms with Crippen molar-refractivity contribution in [1.29, 1.82) is 0 Å². The van der Waals surface area contributed by atoms with Crippen LogP contribution in [-0.2, 0) is 6.54 Å². The Morgan fingerprint density at radius 1 is 1.67 bits per heavy atom. The molecule has 0 fully saturated rings. The van der Waals surface area contributed by atoms with Gasteiger partial charge in [0.15, 0.2) is 0 Å². The van der Waals surface area contributed by atoms with Gasteiger partial charge < -0.3 is 0 Å². The first-order valence-corrected chi connectivity index (χ1v) is 3.73. The lowest BCUT2D eigenvalue weighted by Crippen LogP contribution is -2.26. The summed E-state index contributed by atoms with van der Waals surface area (Å²) in [7, 11) is 1.87. The van der Waals surface area contributed by atoms with Crippen LogP contribution in [-0.4, -0.2) is 7.05 Å². The normalized spacial score (nSPS) is 9.89. The SMILES string of the molecule is CNNCc1cccs1. The molecular weight excluding hydrogens is 132 g/mol. The van der Waals surface area contributed by atoms with Gasteiger partial charge in [-0.2, -0.15) is 0 Å². The topological polar surface area (TPSA) is 24.1 Å². The minimum Gasteiger partial charge on any atom is -0.261 e. The first kappa shape index (κ1) is 6.74. The Hall–Kier alpha value is -0.380. The van der Waals surface area contributed by atoms with E-state index in [2.05, 4.69) is 28.4 Å². The summed E-state index contributed by atoms with van der Waals surface area (Å²) in [5.41, 5.74) is 5.87. The molecule has 0 saturated carbocycles. The second-order valence-corrected chi connectivity index (χ2v) is 2.72. The van der Waals surface area contributed by atoms with E-state index in [0.717, 1.165) is 6.54 Å². The molecule has 0 amide bonds. The average molecular weight is 142 g/mol. The van der Waals surface area contributed by atoms with E-state index in [1.807, 2.05) is 7.05 Å². The summed E-state index contributed by atoms with van der Waals surface area (Å²) in [6, 6.07) is 4.16. The summed E-state index contributed by atoms with van der Waals surface area (Å²) >= 11 is 1.76. The van der Waals surface area contributed by atoms with Gasteiger partial charge in [-0.3, -0.25) is 10.9 Å². The molecule has 1 aromatic heterocycles. The third-order valence-electron chi connectivity index (χ3n) is 1.02. The van der Waals surface area contributed by atoms with E-state index in [9.17, 15) is 0 Å². The Bertz CT molecular complexity index is 148. The summed E-state index contributed by atoms with van der Waals surface area (Å²) in [6.07, 6.45) is 0. The Labute approximate surface area is 58.9 Å². The van der Waals surface area contributed by atoms with Crippen LogP contribution in [0.3, 0.4) is 0 Å². The zero-order chi connectivity index (χ0) is 6.53. The summed E-state index contributed by atoms with van der Waals surface area (Å²) in [4.78, 5) is 1.35. The fourth-order valence-corrected chi connectivity index (χ4v) is 1.23. The Morgan fingerprint density at radius 2 is 2.56 bits per heavy atom. The van der Waals surface area contributed by atoms with Crippen molar-refractivity contribution in [3.05, 3.63) is 22.4 Å². The molecular formula is C6H10N2S. The molecule has 0 spiro atoms. The predicted molar refractivity (Wildman–Crippen MR) is 40.2 cm³/mol. The molecule has 0 aliphatic heterocycles. The molecule has 0 bridgehead atoms. The third kappa shape index (κ3) is 2.13. The van der Waals surface area contributed by atoms with Crippen LogP contribution in [0.15, 0.2) is 17.5 Å². The highest BCUT2D eigenvalue weighted by molar-refractivity contribution is 7.09. The molecule has 0 aromatic carbocycles. The van der Waals surface area contributed by atoms with E-state index in [1.165, 1.54) is 4.88 Å². The van der Waals surface area contributed by atoms with Gasteiger partial charge >= 0.3 is 0 Å². The number of rotatable bonds is 3. The molecule has 1 aromatic rings. The van der Waals surface area contributed by atoms with Gasteiger partial charge in [0.1, 0.15) is 0 Å². The van der Waals surface area contributed by atoms with Crippen LogP contribution in [0.2, 0.25) is 0 Å². The largest absolute Gasteiger partial charge is 0.261 e. The number of hydrazine groups is 1. The van der Waals surface area contributed by atoms with Crippen molar-refractivity contribution in [2.24, 2.45) is 0 Å². The standard InChI is InChI=1S/C6H10N2S/c1-7-8-5-6-3-2-4-9-6/h2-4,7-8H,5H2,1H3. The maximum absolute atomic E-state index is 3.01. The first-order valence-electron chi connectivity index (χ1n) is 2.85. The van der Waals surface area contributed by atoms with Crippen LogP contribution in [0, 0.1) is 0 Å². The van der Waals surface area contributed by atoms with Crippen LogP contribution in [0.5, 0.6) is 0 Å². The highest BCUT2D eigenvalue weighted by atomic mass is 32.1. The van der Waals surface area contributed by atoms with E-state index < -0.39 is 0 Å². The van der Waals surface area contributed by atoms with Gasteiger partial charge in [0.25, 0.3) is 0 Å². The lowest BCUT2D eigenvalue weighted by Gasteiger charge is -1.96. The maximum atomic E-state index is 3.01. The predicted octanol–water partition coefficient (Wildman–Crippen LogP) is 0.972. The van der Waals surface area contributed by atoms with Crippen LogP contribution < -0.4 is 10.9 Å². The second kappa shape index (κ2) is 3.61. The van der Waals surface area contributed by atoms with Crippen molar-refractivity contribution < 1.29 is 0 Å². The van der Waals surface area contributed by atoms with E-state index in [0.29, 0.717) is 0 Å². The van der Waals surface area contributed by atoms with Gasteiger partial charge in [0.05, 0.1) is 0 Å². The van der Waals surface area contributed by atoms with Crippen LogP contribution >= 0.6 is 11.3 Å². The van der Waals surface area contributed by atoms with Gasteiger partial charge in [-0.1, -0.05) is 6.07 Å². The van der Waals surface area contributed by atoms with E-state index in [-0.39, 0.29) is 0 Å². The number of hydrogen-bond donors (Lipinski definition) is 2. The van der Waals surface area contributed by atoms with Crippen LogP contribution in [0.4, 0.5) is 0 Å². The van der Waals surface area contributed by atoms with Gasteiger partial charge in [-0.05, 0) is 18.5 Å². The molecule has 2 N–H and O–H groups in total. The van der Waals surface area contributed by atoms with E-state index in [4.69, 9.17) is 0 Å². The number of hydrogen-bond acceptors (Lipinski definition) is 3. The van der Waals surface area contributed by atoms with Gasteiger partial charge in [0.2, 0.25) is 0 Å². The molecule has 1 heterocycles. The van der Waals surface area contributed by atoms with Crippen molar-refractivity contribution >= 4 is 11.3 Å². The monoisotopic (exact) mass is 142 g/mol. The summed E-state index contributed by atoms with van der Waals surface area (Å²) in [5.74, 6) is 0. The van der Waals surface area contributed by atoms with E-state index >= 15 is 0 Å². The minimum absolute atomic E-state index is 0.911. The minimum atomic E-state index is 0.911. The Morgan fingerprint density at radius 3 is 3.11 bits per heavy atom. The van der Waals surface area contributed by atoms with Crippen LogP contribution in [0.1, 0.15) is 4.88 Å². The highest BCUT2D eigenvalue weighted by Gasteiger charge is 1.87. The zero-order valence-corrected chi connectivity index (χ0v) is 6.16. The van der Waals surface area contributed by atoms with Gasteiger partial charge in [-0.25, -0.2) is 0 Å². The van der Waals surface area contributed by atoms with Gasteiger partial charge in [-0.15, -0.1) is 11.3 Å². The van der Waals surface area contributed by atoms with E-state index in [1.54, 1.807) is 11.3 Å². The smallest absolute Gasteiger partial charge is 0.0445 e. The maximum Gasteiger partial charge on any atom is 0.0445 e. The summed E-state index contributed by atoms with van der Waals surface area (Å²) in [5, 5.41) is 2.08. The molecule has 0 atom stereocenters. The quantitative estimate of drug-likeness (QED) is 0.614. The molecule has 2 nitrogen and oxygen atoms in total. The zero-order valence-electron chi connectivity index (χ0n) is 5.35. The molecule has 0 aliphatic carbocycles. The molecule has 3 heteroatoms. The Balaban J connectivity index is 2.30. The summed E-state index contributed by atoms with van der Waals surface area (Å²) in [6.45, 7) is 0.911. The fourth-order valence-electron chi connectivity index (χ4n) is 0.589. The fraction of sp³-hybridized carbons (Fsp3) is 0.333. The highest BCUT2D eigenvalue weighted by Crippen LogP contribution is 2.06. The van der Waals surface area contributed by atoms with Crippen molar-refractivity contribution in [1.82, 2.24) is 10.9 Å².